The summed E-state index contributed by atoms with van der Waals surface area (Å²) in [6, 6.07) is 8.23. The highest BCUT2D eigenvalue weighted by molar-refractivity contribution is 9.10. The number of rotatable bonds is 5. The van der Waals surface area contributed by atoms with Crippen molar-refractivity contribution in [2.24, 2.45) is 0 Å². The van der Waals surface area contributed by atoms with Crippen LogP contribution in [0.3, 0.4) is 0 Å². The minimum atomic E-state index is -0.789. The molecule has 106 valence electrons. The maximum atomic E-state index is 11.0. The minimum Gasteiger partial charge on any atom is -0.480 e. The summed E-state index contributed by atoms with van der Waals surface area (Å²) in [6.07, 6.45) is 2.15. The fourth-order valence-electron chi connectivity index (χ4n) is 2.55. The standard InChI is InChI=1S/C15H16BrNO3/c1-9(17(8-15(18)19)12-3-4-12)14-7-10-6-11(16)2-5-13(10)20-14/h2,5-7,9,12H,3-4,8H2,1H3,(H,18,19). The van der Waals surface area contributed by atoms with Gasteiger partial charge in [0.25, 0.3) is 0 Å². The fraction of sp³-hybridized carbons (Fsp3) is 0.400. The molecule has 1 heterocycles. The number of aliphatic carboxylic acids is 1. The van der Waals surface area contributed by atoms with E-state index in [0.29, 0.717) is 6.04 Å². The summed E-state index contributed by atoms with van der Waals surface area (Å²) in [6.45, 7) is 2.07. The van der Waals surface area contributed by atoms with Gasteiger partial charge in [0.2, 0.25) is 0 Å². The Morgan fingerprint density at radius 1 is 1.50 bits per heavy atom. The number of halogens is 1. The van der Waals surface area contributed by atoms with Crippen LogP contribution < -0.4 is 0 Å². The fourth-order valence-corrected chi connectivity index (χ4v) is 2.93. The predicted octanol–water partition coefficient (Wildman–Crippen LogP) is 3.81. The van der Waals surface area contributed by atoms with Gasteiger partial charge in [0.05, 0.1) is 12.6 Å². The lowest BCUT2D eigenvalue weighted by Crippen LogP contribution is -2.34. The quantitative estimate of drug-likeness (QED) is 0.901. The predicted molar refractivity (Wildman–Crippen MR) is 79.7 cm³/mol. The first-order valence-corrected chi connectivity index (χ1v) is 7.50. The number of fused-ring (bicyclic) bond motifs is 1. The van der Waals surface area contributed by atoms with Crippen molar-refractivity contribution in [2.45, 2.75) is 31.8 Å². The average molecular weight is 338 g/mol. The summed E-state index contributed by atoms with van der Waals surface area (Å²) >= 11 is 3.44. The third kappa shape index (κ3) is 2.74. The van der Waals surface area contributed by atoms with Crippen LogP contribution in [0.25, 0.3) is 11.0 Å². The number of benzene rings is 1. The number of carbonyl (C=O) groups is 1. The van der Waals surface area contributed by atoms with E-state index < -0.39 is 5.97 Å². The van der Waals surface area contributed by atoms with Crippen LogP contribution in [-0.2, 0) is 4.79 Å². The molecule has 3 rings (SSSR count). The monoisotopic (exact) mass is 337 g/mol. The largest absolute Gasteiger partial charge is 0.480 e. The van der Waals surface area contributed by atoms with Crippen molar-refractivity contribution in [3.8, 4) is 0 Å². The van der Waals surface area contributed by atoms with Gasteiger partial charge in [-0.15, -0.1) is 0 Å². The summed E-state index contributed by atoms with van der Waals surface area (Å²) in [4.78, 5) is 13.0. The molecule has 4 nitrogen and oxygen atoms in total. The van der Waals surface area contributed by atoms with Crippen LogP contribution in [0, 0.1) is 0 Å². The molecule has 2 aromatic rings. The Balaban J connectivity index is 1.89. The Kier molecular flexibility index (Phi) is 3.56. The highest BCUT2D eigenvalue weighted by Gasteiger charge is 2.35. The molecule has 0 spiro atoms. The van der Waals surface area contributed by atoms with Crippen molar-refractivity contribution < 1.29 is 14.3 Å². The summed E-state index contributed by atoms with van der Waals surface area (Å²) < 4.78 is 6.88. The number of furan rings is 1. The van der Waals surface area contributed by atoms with Crippen LogP contribution in [0.2, 0.25) is 0 Å². The molecule has 0 radical (unpaired) electrons. The lowest BCUT2D eigenvalue weighted by molar-refractivity contribution is -0.139. The number of hydrogen-bond donors (Lipinski definition) is 1. The third-order valence-corrected chi connectivity index (χ3v) is 4.23. The molecule has 1 unspecified atom stereocenters. The molecule has 1 atom stereocenters. The van der Waals surface area contributed by atoms with Crippen molar-refractivity contribution in [2.75, 3.05) is 6.54 Å². The van der Waals surface area contributed by atoms with E-state index in [1.165, 1.54) is 0 Å². The van der Waals surface area contributed by atoms with Gasteiger partial charge in [-0.3, -0.25) is 9.69 Å². The zero-order chi connectivity index (χ0) is 14.3. The van der Waals surface area contributed by atoms with E-state index in [1.54, 1.807) is 0 Å². The zero-order valence-corrected chi connectivity index (χ0v) is 12.8. The van der Waals surface area contributed by atoms with Crippen molar-refractivity contribution in [1.29, 1.82) is 0 Å². The molecule has 1 aliphatic carbocycles. The van der Waals surface area contributed by atoms with Gasteiger partial charge in [0, 0.05) is 15.9 Å². The molecule has 0 aliphatic heterocycles. The van der Waals surface area contributed by atoms with Crippen molar-refractivity contribution in [1.82, 2.24) is 4.90 Å². The van der Waals surface area contributed by atoms with Crippen molar-refractivity contribution >= 4 is 32.9 Å². The number of carboxylic acids is 1. The molecule has 1 saturated carbocycles. The van der Waals surface area contributed by atoms with E-state index in [4.69, 9.17) is 9.52 Å². The molecular weight excluding hydrogens is 322 g/mol. The number of nitrogens with zero attached hydrogens (tertiary/aromatic N) is 1. The van der Waals surface area contributed by atoms with E-state index in [-0.39, 0.29) is 12.6 Å². The van der Waals surface area contributed by atoms with Crippen LogP contribution in [0.15, 0.2) is 33.2 Å². The highest BCUT2D eigenvalue weighted by Crippen LogP contribution is 2.36. The first-order valence-electron chi connectivity index (χ1n) is 6.71. The van der Waals surface area contributed by atoms with Gasteiger partial charge in [-0.2, -0.15) is 0 Å². The maximum Gasteiger partial charge on any atom is 0.317 e. The molecule has 1 aromatic heterocycles. The van der Waals surface area contributed by atoms with Crippen LogP contribution in [0.5, 0.6) is 0 Å². The van der Waals surface area contributed by atoms with E-state index in [9.17, 15) is 4.79 Å². The summed E-state index contributed by atoms with van der Waals surface area (Å²) in [5.74, 6) is 0.0360. The molecule has 0 bridgehead atoms. The lowest BCUT2D eigenvalue weighted by atomic mass is 10.2. The lowest BCUT2D eigenvalue weighted by Gasteiger charge is -2.25. The van der Waals surface area contributed by atoms with E-state index in [0.717, 1.165) is 34.0 Å². The molecule has 0 saturated heterocycles. The second kappa shape index (κ2) is 5.22. The van der Waals surface area contributed by atoms with Gasteiger partial charge >= 0.3 is 5.97 Å². The Labute approximate surface area is 125 Å². The molecule has 0 amide bonds. The van der Waals surface area contributed by atoms with Gasteiger partial charge in [-0.05, 0) is 44.0 Å². The van der Waals surface area contributed by atoms with E-state index >= 15 is 0 Å². The topological polar surface area (TPSA) is 53.7 Å². The molecule has 5 heteroatoms. The molecule has 1 N–H and O–H groups in total. The maximum absolute atomic E-state index is 11.0. The van der Waals surface area contributed by atoms with Crippen LogP contribution in [-0.4, -0.2) is 28.6 Å². The van der Waals surface area contributed by atoms with Gasteiger partial charge in [-0.25, -0.2) is 0 Å². The molecular formula is C15H16BrNO3. The Morgan fingerprint density at radius 3 is 2.90 bits per heavy atom. The second-order valence-corrected chi connectivity index (χ2v) is 6.22. The molecule has 1 aliphatic rings. The smallest absolute Gasteiger partial charge is 0.317 e. The average Bonchev–Trinajstić information content (AvgIpc) is 3.14. The van der Waals surface area contributed by atoms with E-state index in [2.05, 4.69) is 15.9 Å². The Hall–Kier alpha value is -1.33. The summed E-state index contributed by atoms with van der Waals surface area (Å²) in [7, 11) is 0. The Bertz CT molecular complexity index is 648. The number of carboxylic acid groups (broad SMARTS) is 1. The highest BCUT2D eigenvalue weighted by atomic mass is 79.9. The normalized spacial score (nSPS) is 16.8. The first kappa shape index (κ1) is 13.6. The molecule has 1 aromatic carbocycles. The van der Waals surface area contributed by atoms with Crippen molar-refractivity contribution in [3.63, 3.8) is 0 Å². The Morgan fingerprint density at radius 2 is 2.25 bits per heavy atom. The minimum absolute atomic E-state index is 0.0234. The third-order valence-electron chi connectivity index (χ3n) is 3.74. The SMILES string of the molecule is CC(c1cc2cc(Br)ccc2o1)N(CC(=O)O)C1CC1. The number of hydrogen-bond acceptors (Lipinski definition) is 3. The zero-order valence-electron chi connectivity index (χ0n) is 11.2. The van der Waals surface area contributed by atoms with Gasteiger partial charge in [0.1, 0.15) is 11.3 Å². The molecule has 1 fully saturated rings. The van der Waals surface area contributed by atoms with Gasteiger partial charge in [0.15, 0.2) is 0 Å². The second-order valence-electron chi connectivity index (χ2n) is 5.30. The van der Waals surface area contributed by atoms with E-state index in [1.807, 2.05) is 36.1 Å². The van der Waals surface area contributed by atoms with Crippen LogP contribution in [0.4, 0.5) is 0 Å². The van der Waals surface area contributed by atoms with Crippen LogP contribution >= 0.6 is 15.9 Å². The molecule has 20 heavy (non-hydrogen) atoms. The van der Waals surface area contributed by atoms with Gasteiger partial charge < -0.3 is 9.52 Å². The van der Waals surface area contributed by atoms with Gasteiger partial charge in [-0.1, -0.05) is 15.9 Å². The van der Waals surface area contributed by atoms with Crippen LogP contribution in [0.1, 0.15) is 31.6 Å². The first-order chi connectivity index (χ1) is 9.54. The summed E-state index contributed by atoms with van der Waals surface area (Å²) in [5, 5.41) is 10.1. The van der Waals surface area contributed by atoms with Crippen molar-refractivity contribution in [3.05, 3.63) is 34.5 Å². The summed E-state index contributed by atoms with van der Waals surface area (Å²) in [5.41, 5.74) is 0.834.